The third kappa shape index (κ3) is 3.23. The molecule has 0 radical (unpaired) electrons. The van der Waals surface area contributed by atoms with Gasteiger partial charge in [-0.05, 0) is 51.7 Å². The van der Waals surface area contributed by atoms with Crippen LogP contribution in [0.4, 0.5) is 5.69 Å². The molecular weight excluding hydrogens is 286 g/mol. The average molecular weight is 302 g/mol. The quantitative estimate of drug-likeness (QED) is 0.848. The molecule has 0 bridgehead atoms. The lowest BCUT2D eigenvalue weighted by atomic mass is 10.1. The zero-order valence-electron chi connectivity index (χ0n) is 10.4. The summed E-state index contributed by atoms with van der Waals surface area (Å²) in [6.07, 6.45) is 0. The number of nitrogens with one attached hydrogen (secondary N) is 1. The van der Waals surface area contributed by atoms with Gasteiger partial charge in [0.05, 0.1) is 0 Å². The fraction of sp³-hybridized carbons (Fsp3) is 0.125. The van der Waals surface area contributed by atoms with Crippen LogP contribution in [0.15, 0.2) is 59.6 Å². The molecule has 2 rings (SSSR count). The van der Waals surface area contributed by atoms with Crippen molar-refractivity contribution in [3.63, 3.8) is 0 Å². The van der Waals surface area contributed by atoms with Crippen LogP contribution in [0.2, 0.25) is 0 Å². The van der Waals surface area contributed by atoms with Gasteiger partial charge in [0.15, 0.2) is 0 Å². The largest absolute Gasteiger partial charge is 0.380 e. The van der Waals surface area contributed by atoms with Crippen molar-refractivity contribution in [1.82, 2.24) is 0 Å². The Morgan fingerprint density at radius 2 is 1.89 bits per heavy atom. The normalized spacial score (nSPS) is 10.1. The van der Waals surface area contributed by atoms with Crippen LogP contribution >= 0.6 is 15.9 Å². The van der Waals surface area contributed by atoms with Crippen molar-refractivity contribution in [1.29, 1.82) is 0 Å². The van der Waals surface area contributed by atoms with E-state index >= 15 is 0 Å². The molecule has 1 N–H and O–H groups in total. The Morgan fingerprint density at radius 1 is 1.17 bits per heavy atom. The van der Waals surface area contributed by atoms with Crippen LogP contribution in [0.3, 0.4) is 0 Å². The van der Waals surface area contributed by atoms with Crippen molar-refractivity contribution in [3.8, 4) is 0 Å². The highest BCUT2D eigenvalue weighted by Crippen LogP contribution is 2.24. The highest BCUT2D eigenvalue weighted by molar-refractivity contribution is 9.10. The van der Waals surface area contributed by atoms with E-state index in [0.717, 1.165) is 22.3 Å². The molecule has 0 saturated carbocycles. The van der Waals surface area contributed by atoms with Gasteiger partial charge in [-0.1, -0.05) is 43.0 Å². The summed E-state index contributed by atoms with van der Waals surface area (Å²) in [5.41, 5.74) is 4.60. The molecule has 0 unspecified atom stereocenters. The van der Waals surface area contributed by atoms with Gasteiger partial charge in [-0.25, -0.2) is 0 Å². The van der Waals surface area contributed by atoms with Crippen LogP contribution in [0.1, 0.15) is 11.1 Å². The van der Waals surface area contributed by atoms with Crippen molar-refractivity contribution in [3.05, 3.63) is 70.7 Å². The monoisotopic (exact) mass is 301 g/mol. The first-order valence-electron chi connectivity index (χ1n) is 5.90. The highest BCUT2D eigenvalue weighted by Gasteiger charge is 2.01. The van der Waals surface area contributed by atoms with Crippen LogP contribution in [-0.4, -0.2) is 6.54 Å². The predicted molar refractivity (Wildman–Crippen MR) is 82.8 cm³/mol. The second-order valence-electron chi connectivity index (χ2n) is 4.31. The molecule has 0 spiro atoms. The summed E-state index contributed by atoms with van der Waals surface area (Å²) in [5, 5.41) is 3.39. The number of hydrogen-bond donors (Lipinski definition) is 1. The molecule has 92 valence electrons. The molecule has 0 aliphatic rings. The van der Waals surface area contributed by atoms with E-state index < -0.39 is 0 Å². The van der Waals surface area contributed by atoms with Gasteiger partial charge in [-0.15, -0.1) is 0 Å². The van der Waals surface area contributed by atoms with E-state index in [9.17, 15) is 0 Å². The van der Waals surface area contributed by atoms with Crippen molar-refractivity contribution >= 4 is 27.2 Å². The van der Waals surface area contributed by atoms with Gasteiger partial charge in [0.25, 0.3) is 0 Å². The lowest BCUT2D eigenvalue weighted by Crippen LogP contribution is -2.04. The minimum Gasteiger partial charge on any atom is -0.380 e. The average Bonchev–Trinajstić information content (AvgIpc) is 2.38. The molecule has 0 atom stereocenters. The molecule has 0 aromatic heterocycles. The molecule has 18 heavy (non-hydrogen) atoms. The first-order chi connectivity index (χ1) is 8.66. The number of anilines is 1. The fourth-order valence-corrected chi connectivity index (χ4v) is 2.37. The van der Waals surface area contributed by atoms with Gasteiger partial charge in [-0.2, -0.15) is 0 Å². The third-order valence-corrected chi connectivity index (χ3v) is 3.45. The Bertz CT molecular complexity index is 546. The van der Waals surface area contributed by atoms with Crippen LogP contribution in [0.5, 0.6) is 0 Å². The minimum absolute atomic E-state index is 0.742. The highest BCUT2D eigenvalue weighted by atomic mass is 79.9. The molecule has 0 heterocycles. The summed E-state index contributed by atoms with van der Waals surface area (Å²) in [4.78, 5) is 0. The predicted octanol–water partition coefficient (Wildman–Crippen LogP) is 4.88. The molecule has 1 nitrogen and oxygen atoms in total. The van der Waals surface area contributed by atoms with E-state index in [1.807, 2.05) is 18.2 Å². The number of aryl methyl sites for hydroxylation is 1. The van der Waals surface area contributed by atoms with Crippen LogP contribution in [-0.2, 0) is 0 Å². The molecule has 2 aromatic rings. The first-order valence-corrected chi connectivity index (χ1v) is 6.69. The van der Waals surface area contributed by atoms with E-state index in [-0.39, 0.29) is 0 Å². The number of benzene rings is 2. The van der Waals surface area contributed by atoms with E-state index in [2.05, 4.69) is 65.1 Å². The second kappa shape index (κ2) is 5.87. The molecule has 0 saturated heterocycles. The molecule has 0 aliphatic carbocycles. The summed E-state index contributed by atoms with van der Waals surface area (Å²) in [5.74, 6) is 0. The summed E-state index contributed by atoms with van der Waals surface area (Å²) in [6, 6.07) is 16.5. The van der Waals surface area contributed by atoms with Gasteiger partial charge < -0.3 is 5.32 Å². The zero-order chi connectivity index (χ0) is 13.0. The molecule has 0 fully saturated rings. The van der Waals surface area contributed by atoms with Crippen molar-refractivity contribution < 1.29 is 0 Å². The van der Waals surface area contributed by atoms with Crippen LogP contribution in [0.25, 0.3) is 5.57 Å². The first kappa shape index (κ1) is 12.9. The Kier molecular flexibility index (Phi) is 4.21. The number of rotatable bonds is 4. The van der Waals surface area contributed by atoms with E-state index in [4.69, 9.17) is 0 Å². The van der Waals surface area contributed by atoms with Gasteiger partial charge in [0.1, 0.15) is 0 Å². The van der Waals surface area contributed by atoms with E-state index in [1.54, 1.807) is 0 Å². The summed E-state index contributed by atoms with van der Waals surface area (Å²) >= 11 is 3.56. The lowest BCUT2D eigenvalue weighted by molar-refractivity contribution is 1.32. The Hall–Kier alpha value is -1.54. The molecule has 2 heteroatoms. The maximum atomic E-state index is 4.11. The maximum Gasteiger partial charge on any atom is 0.0487 e. The molecule has 0 aliphatic heterocycles. The Labute approximate surface area is 117 Å². The van der Waals surface area contributed by atoms with Gasteiger partial charge in [0.2, 0.25) is 0 Å². The van der Waals surface area contributed by atoms with Crippen molar-refractivity contribution in [2.24, 2.45) is 0 Å². The van der Waals surface area contributed by atoms with Gasteiger partial charge >= 0.3 is 0 Å². The summed E-state index contributed by atoms with van der Waals surface area (Å²) < 4.78 is 1.09. The van der Waals surface area contributed by atoms with Crippen LogP contribution < -0.4 is 5.32 Å². The minimum atomic E-state index is 0.742. The standard InChI is InChI=1S/C16H16BrN/c1-12-8-9-16(15(17)10-12)18-11-13(2)14-6-4-3-5-7-14/h3-10,18H,2,11H2,1H3. The molecular formula is C16H16BrN. The lowest BCUT2D eigenvalue weighted by Gasteiger charge is -2.11. The topological polar surface area (TPSA) is 12.0 Å². The summed E-state index contributed by atoms with van der Waals surface area (Å²) in [6.45, 7) is 6.93. The van der Waals surface area contributed by atoms with Gasteiger partial charge in [0, 0.05) is 16.7 Å². The van der Waals surface area contributed by atoms with Crippen molar-refractivity contribution in [2.75, 3.05) is 11.9 Å². The van der Waals surface area contributed by atoms with E-state index in [1.165, 1.54) is 11.1 Å². The maximum absolute atomic E-state index is 4.11. The smallest absolute Gasteiger partial charge is 0.0487 e. The Morgan fingerprint density at radius 3 is 2.56 bits per heavy atom. The fourth-order valence-electron chi connectivity index (χ4n) is 1.74. The molecule has 2 aromatic carbocycles. The molecule has 0 amide bonds. The third-order valence-electron chi connectivity index (χ3n) is 2.80. The van der Waals surface area contributed by atoms with Gasteiger partial charge in [-0.3, -0.25) is 0 Å². The van der Waals surface area contributed by atoms with Crippen LogP contribution in [0, 0.1) is 6.92 Å². The SMILES string of the molecule is C=C(CNc1ccc(C)cc1Br)c1ccccc1. The van der Waals surface area contributed by atoms with Crippen molar-refractivity contribution in [2.45, 2.75) is 6.92 Å². The number of hydrogen-bond acceptors (Lipinski definition) is 1. The zero-order valence-corrected chi connectivity index (χ0v) is 12.0. The van der Waals surface area contributed by atoms with E-state index in [0.29, 0.717) is 0 Å². The summed E-state index contributed by atoms with van der Waals surface area (Å²) in [7, 11) is 0. The number of halogens is 1. The second-order valence-corrected chi connectivity index (χ2v) is 5.16. The Balaban J connectivity index is 2.02.